The molecule has 6 nitrogen and oxygen atoms in total. The molecule has 3 rings (SSSR count). The third kappa shape index (κ3) is 4.60. The van der Waals surface area contributed by atoms with Crippen LogP contribution in [0.2, 0.25) is 0 Å². The van der Waals surface area contributed by atoms with E-state index < -0.39 is 10.0 Å². The Bertz CT molecular complexity index is 1140. The van der Waals surface area contributed by atoms with Crippen molar-refractivity contribution in [2.45, 2.75) is 25.7 Å². The number of anilines is 1. The predicted molar refractivity (Wildman–Crippen MR) is 122 cm³/mol. The number of fused-ring (bicyclic) bond motifs is 1. The fraction of sp³-hybridized carbons (Fsp3) is 0.318. The quantitative estimate of drug-likeness (QED) is 0.552. The van der Waals surface area contributed by atoms with Crippen LogP contribution in [0.3, 0.4) is 0 Å². The first-order valence-corrected chi connectivity index (χ1v) is 12.0. The van der Waals surface area contributed by atoms with Crippen LogP contribution >= 0.6 is 11.3 Å². The van der Waals surface area contributed by atoms with E-state index in [0.29, 0.717) is 28.8 Å². The van der Waals surface area contributed by atoms with Gasteiger partial charge in [-0.25, -0.2) is 8.42 Å². The molecule has 30 heavy (non-hydrogen) atoms. The molecular formula is C22H26N2O4S2. The molecule has 8 heteroatoms. The van der Waals surface area contributed by atoms with E-state index in [1.165, 1.54) is 34.9 Å². The Morgan fingerprint density at radius 3 is 2.43 bits per heavy atom. The fourth-order valence-electron chi connectivity index (χ4n) is 3.05. The Kier molecular flexibility index (Phi) is 6.67. The molecule has 0 saturated heterocycles. The summed E-state index contributed by atoms with van der Waals surface area (Å²) >= 11 is 1.40. The summed E-state index contributed by atoms with van der Waals surface area (Å²) in [6, 6.07) is 13.6. The number of amides is 1. The maximum atomic E-state index is 13.2. The van der Waals surface area contributed by atoms with Gasteiger partial charge in [-0.05, 0) is 66.8 Å². The summed E-state index contributed by atoms with van der Waals surface area (Å²) in [7, 11) is -2.19. The molecule has 0 aliphatic rings. The van der Waals surface area contributed by atoms with Gasteiger partial charge in [-0.1, -0.05) is 13.8 Å². The van der Waals surface area contributed by atoms with Crippen LogP contribution in [0.5, 0.6) is 5.75 Å². The van der Waals surface area contributed by atoms with Crippen molar-refractivity contribution >= 4 is 43.0 Å². The minimum absolute atomic E-state index is 0.107. The molecule has 0 atom stereocenters. The zero-order valence-corrected chi connectivity index (χ0v) is 19.1. The second-order valence-electron chi connectivity index (χ2n) is 7.28. The Labute approximate surface area is 181 Å². The van der Waals surface area contributed by atoms with Crippen molar-refractivity contribution in [3.8, 4) is 5.75 Å². The standard InChI is InChI=1S/C22H26N2O4S2/c1-5-24(30(26,27)19-9-7-18(28-4)8-10-19)17-6-11-20-16(12-17)13-21(29-20)22(25)23-14-15(2)3/h6-13,15H,5,14H2,1-4H3,(H,23,25). The normalized spacial score (nSPS) is 11.6. The van der Waals surface area contributed by atoms with Gasteiger partial charge in [0.1, 0.15) is 5.75 Å². The lowest BCUT2D eigenvalue weighted by atomic mass is 10.2. The number of thiophene rings is 1. The van der Waals surface area contributed by atoms with E-state index in [2.05, 4.69) is 5.32 Å². The molecule has 2 aromatic carbocycles. The van der Waals surface area contributed by atoms with Gasteiger partial charge < -0.3 is 10.1 Å². The first kappa shape index (κ1) is 22.1. The largest absolute Gasteiger partial charge is 0.497 e. The van der Waals surface area contributed by atoms with Crippen LogP contribution in [0.4, 0.5) is 5.69 Å². The monoisotopic (exact) mass is 446 g/mol. The van der Waals surface area contributed by atoms with Gasteiger partial charge in [0, 0.05) is 17.8 Å². The smallest absolute Gasteiger partial charge is 0.264 e. The van der Waals surface area contributed by atoms with E-state index in [9.17, 15) is 13.2 Å². The number of sulfonamides is 1. The van der Waals surface area contributed by atoms with Crippen molar-refractivity contribution < 1.29 is 17.9 Å². The highest BCUT2D eigenvalue weighted by molar-refractivity contribution is 7.92. The number of benzene rings is 2. The molecule has 0 unspecified atom stereocenters. The average molecular weight is 447 g/mol. The second kappa shape index (κ2) is 9.06. The van der Waals surface area contributed by atoms with Crippen LogP contribution in [0, 0.1) is 5.92 Å². The maximum absolute atomic E-state index is 13.2. The summed E-state index contributed by atoms with van der Waals surface area (Å²) in [4.78, 5) is 13.2. The number of hydrogen-bond acceptors (Lipinski definition) is 5. The zero-order chi connectivity index (χ0) is 21.9. The summed E-state index contributed by atoms with van der Waals surface area (Å²) in [5, 5.41) is 3.76. The van der Waals surface area contributed by atoms with Gasteiger partial charge in [-0.3, -0.25) is 9.10 Å². The molecule has 1 N–H and O–H groups in total. The number of methoxy groups -OCH3 is 1. The molecule has 3 aromatic rings. The van der Waals surface area contributed by atoms with E-state index in [-0.39, 0.29) is 17.3 Å². The highest BCUT2D eigenvalue weighted by Crippen LogP contribution is 2.32. The van der Waals surface area contributed by atoms with Crippen molar-refractivity contribution in [2.24, 2.45) is 5.92 Å². The number of hydrogen-bond donors (Lipinski definition) is 1. The Morgan fingerprint density at radius 2 is 1.83 bits per heavy atom. The highest BCUT2D eigenvalue weighted by Gasteiger charge is 2.24. The summed E-state index contributed by atoms with van der Waals surface area (Å²) in [5.74, 6) is 0.862. The van der Waals surface area contributed by atoms with Crippen LogP contribution < -0.4 is 14.4 Å². The van der Waals surface area contributed by atoms with E-state index in [4.69, 9.17) is 4.74 Å². The SMILES string of the molecule is CCN(c1ccc2sc(C(=O)NCC(C)C)cc2c1)S(=O)(=O)c1ccc(OC)cc1. The molecule has 0 aliphatic heterocycles. The molecule has 1 heterocycles. The van der Waals surface area contributed by atoms with E-state index in [0.717, 1.165) is 10.1 Å². The van der Waals surface area contributed by atoms with Crippen molar-refractivity contribution in [3.05, 3.63) is 53.4 Å². The van der Waals surface area contributed by atoms with Gasteiger partial charge >= 0.3 is 0 Å². The van der Waals surface area contributed by atoms with Gasteiger partial charge in [0.2, 0.25) is 0 Å². The van der Waals surface area contributed by atoms with Crippen molar-refractivity contribution in [3.63, 3.8) is 0 Å². The molecule has 0 fully saturated rings. The molecule has 0 saturated carbocycles. The van der Waals surface area contributed by atoms with Crippen LogP contribution in [0.15, 0.2) is 53.4 Å². The lowest BCUT2D eigenvalue weighted by Crippen LogP contribution is -2.30. The van der Waals surface area contributed by atoms with Gasteiger partial charge in [0.05, 0.1) is 22.6 Å². The Morgan fingerprint density at radius 1 is 1.13 bits per heavy atom. The number of nitrogens with one attached hydrogen (secondary N) is 1. The molecule has 1 amide bonds. The van der Waals surface area contributed by atoms with E-state index in [1.807, 2.05) is 32.0 Å². The van der Waals surface area contributed by atoms with Gasteiger partial charge in [0.15, 0.2) is 0 Å². The third-order valence-electron chi connectivity index (χ3n) is 4.62. The topological polar surface area (TPSA) is 75.7 Å². The van der Waals surface area contributed by atoms with Gasteiger partial charge in [-0.15, -0.1) is 11.3 Å². The van der Waals surface area contributed by atoms with Crippen molar-refractivity contribution in [1.29, 1.82) is 0 Å². The summed E-state index contributed by atoms with van der Waals surface area (Å²) < 4.78 is 33.8. The van der Waals surface area contributed by atoms with Crippen LogP contribution in [0.1, 0.15) is 30.4 Å². The summed E-state index contributed by atoms with van der Waals surface area (Å²) in [5.41, 5.74) is 0.563. The number of nitrogens with zero attached hydrogens (tertiary/aromatic N) is 1. The molecule has 160 valence electrons. The lowest BCUT2D eigenvalue weighted by Gasteiger charge is -2.23. The molecule has 1 aromatic heterocycles. The first-order valence-electron chi connectivity index (χ1n) is 9.74. The molecular weight excluding hydrogens is 420 g/mol. The third-order valence-corrected chi connectivity index (χ3v) is 7.65. The summed E-state index contributed by atoms with van der Waals surface area (Å²) in [6.07, 6.45) is 0. The second-order valence-corrected chi connectivity index (χ2v) is 10.2. The minimum Gasteiger partial charge on any atom is -0.497 e. The summed E-state index contributed by atoms with van der Waals surface area (Å²) in [6.45, 7) is 6.78. The van der Waals surface area contributed by atoms with Crippen molar-refractivity contribution in [2.75, 3.05) is 24.5 Å². The number of ether oxygens (including phenoxy) is 1. The highest BCUT2D eigenvalue weighted by atomic mass is 32.2. The zero-order valence-electron chi connectivity index (χ0n) is 17.5. The molecule has 0 aliphatic carbocycles. The number of carbonyl (C=O) groups excluding carboxylic acids is 1. The van der Waals surface area contributed by atoms with E-state index >= 15 is 0 Å². The van der Waals surface area contributed by atoms with Gasteiger partial charge in [-0.2, -0.15) is 0 Å². The van der Waals surface area contributed by atoms with Crippen LogP contribution in [-0.4, -0.2) is 34.5 Å². The van der Waals surface area contributed by atoms with Crippen LogP contribution in [0.25, 0.3) is 10.1 Å². The lowest BCUT2D eigenvalue weighted by molar-refractivity contribution is 0.0953. The first-order chi connectivity index (χ1) is 14.3. The van der Waals surface area contributed by atoms with Crippen molar-refractivity contribution in [1.82, 2.24) is 5.32 Å². The molecule has 0 bridgehead atoms. The fourth-order valence-corrected chi connectivity index (χ4v) is 5.47. The Hall–Kier alpha value is -2.58. The average Bonchev–Trinajstić information content (AvgIpc) is 3.16. The predicted octanol–water partition coefficient (Wildman–Crippen LogP) is 4.51. The number of rotatable bonds is 8. The van der Waals surface area contributed by atoms with E-state index in [1.54, 1.807) is 25.1 Å². The minimum atomic E-state index is -3.72. The molecule has 0 spiro atoms. The molecule has 0 radical (unpaired) electrons. The van der Waals surface area contributed by atoms with Crippen LogP contribution in [-0.2, 0) is 10.0 Å². The van der Waals surface area contributed by atoms with Gasteiger partial charge in [0.25, 0.3) is 15.9 Å². The Balaban J connectivity index is 1.92. The maximum Gasteiger partial charge on any atom is 0.264 e. The number of carbonyl (C=O) groups is 1.